The number of hydrazine groups is 1. The Balaban J connectivity index is 2.27. The Morgan fingerprint density at radius 3 is 2.60 bits per heavy atom. The SMILES string of the molecule is Cc1nn(Cc2ccccc2)c(Cl)c1C(=O)NN(C)C. The lowest BCUT2D eigenvalue weighted by atomic mass is 10.2. The van der Waals surface area contributed by atoms with Crippen molar-refractivity contribution in [3.8, 4) is 0 Å². The number of rotatable bonds is 4. The summed E-state index contributed by atoms with van der Waals surface area (Å²) in [5.41, 5.74) is 4.78. The van der Waals surface area contributed by atoms with Gasteiger partial charge in [0.25, 0.3) is 5.91 Å². The quantitative estimate of drug-likeness (QED) is 0.878. The molecule has 0 bridgehead atoms. The van der Waals surface area contributed by atoms with E-state index in [2.05, 4.69) is 10.5 Å². The summed E-state index contributed by atoms with van der Waals surface area (Å²) in [6.45, 7) is 2.31. The van der Waals surface area contributed by atoms with Crippen molar-refractivity contribution in [2.45, 2.75) is 13.5 Å². The molecule has 0 unspecified atom stereocenters. The first kappa shape index (κ1) is 14.6. The number of nitrogens with one attached hydrogen (secondary N) is 1. The Kier molecular flexibility index (Phi) is 4.42. The van der Waals surface area contributed by atoms with Crippen LogP contribution in [-0.2, 0) is 6.54 Å². The van der Waals surface area contributed by atoms with Crippen LogP contribution in [-0.4, -0.2) is 34.8 Å². The maximum absolute atomic E-state index is 12.1. The van der Waals surface area contributed by atoms with E-state index in [0.29, 0.717) is 23.0 Å². The molecule has 2 aromatic rings. The summed E-state index contributed by atoms with van der Waals surface area (Å²) >= 11 is 6.28. The third-order valence-electron chi connectivity index (χ3n) is 2.79. The zero-order valence-corrected chi connectivity index (χ0v) is 12.5. The Morgan fingerprint density at radius 2 is 2.00 bits per heavy atom. The van der Waals surface area contributed by atoms with Crippen LogP contribution in [0.3, 0.4) is 0 Å². The molecule has 5 nitrogen and oxygen atoms in total. The normalized spacial score (nSPS) is 10.8. The number of benzene rings is 1. The summed E-state index contributed by atoms with van der Waals surface area (Å²) < 4.78 is 1.64. The van der Waals surface area contributed by atoms with Crippen molar-refractivity contribution in [2.24, 2.45) is 0 Å². The molecule has 0 aliphatic rings. The van der Waals surface area contributed by atoms with Gasteiger partial charge >= 0.3 is 0 Å². The maximum atomic E-state index is 12.1. The number of nitrogens with zero attached hydrogens (tertiary/aromatic N) is 3. The van der Waals surface area contributed by atoms with E-state index in [1.807, 2.05) is 30.3 Å². The fraction of sp³-hybridized carbons (Fsp3) is 0.286. The van der Waals surface area contributed by atoms with E-state index < -0.39 is 0 Å². The van der Waals surface area contributed by atoms with Gasteiger partial charge in [0.2, 0.25) is 0 Å². The topological polar surface area (TPSA) is 50.2 Å². The van der Waals surface area contributed by atoms with Crippen LogP contribution in [0.2, 0.25) is 5.15 Å². The summed E-state index contributed by atoms with van der Waals surface area (Å²) in [6, 6.07) is 9.85. The smallest absolute Gasteiger partial charge is 0.270 e. The fourth-order valence-electron chi connectivity index (χ4n) is 1.93. The van der Waals surface area contributed by atoms with E-state index in [4.69, 9.17) is 11.6 Å². The molecule has 2 rings (SSSR count). The molecule has 1 aromatic carbocycles. The Labute approximate surface area is 123 Å². The van der Waals surface area contributed by atoms with Crippen LogP contribution in [0.1, 0.15) is 21.6 Å². The predicted octanol–water partition coefficient (Wildman–Crippen LogP) is 2.10. The Morgan fingerprint density at radius 1 is 1.35 bits per heavy atom. The summed E-state index contributed by atoms with van der Waals surface area (Å²) in [5.74, 6) is -0.253. The van der Waals surface area contributed by atoms with Crippen LogP contribution in [0, 0.1) is 6.92 Å². The molecular formula is C14H17ClN4O. The van der Waals surface area contributed by atoms with Crippen molar-refractivity contribution >= 4 is 17.5 Å². The number of amides is 1. The molecule has 20 heavy (non-hydrogen) atoms. The molecule has 1 amide bonds. The van der Waals surface area contributed by atoms with E-state index in [1.165, 1.54) is 0 Å². The first-order valence-electron chi connectivity index (χ1n) is 6.24. The van der Waals surface area contributed by atoms with Gasteiger partial charge in [-0.05, 0) is 12.5 Å². The second kappa shape index (κ2) is 6.07. The first-order valence-corrected chi connectivity index (χ1v) is 6.62. The number of carbonyl (C=O) groups excluding carboxylic acids is 1. The minimum Gasteiger partial charge on any atom is -0.285 e. The van der Waals surface area contributed by atoms with Crippen molar-refractivity contribution in [1.82, 2.24) is 20.2 Å². The summed E-state index contributed by atoms with van der Waals surface area (Å²) in [4.78, 5) is 12.1. The maximum Gasteiger partial charge on any atom is 0.270 e. The second-order valence-corrected chi connectivity index (χ2v) is 5.09. The summed E-state index contributed by atoms with van der Waals surface area (Å²) in [5, 5.41) is 6.27. The molecule has 0 radical (unpaired) electrons. The lowest BCUT2D eigenvalue weighted by molar-refractivity contribution is 0.0856. The fourth-order valence-corrected chi connectivity index (χ4v) is 2.25. The first-order chi connectivity index (χ1) is 9.49. The van der Waals surface area contributed by atoms with Gasteiger partial charge in [0, 0.05) is 14.1 Å². The summed E-state index contributed by atoms with van der Waals surface area (Å²) in [6.07, 6.45) is 0. The lowest BCUT2D eigenvalue weighted by Gasteiger charge is -2.11. The van der Waals surface area contributed by atoms with Gasteiger partial charge in [-0.15, -0.1) is 0 Å². The lowest BCUT2D eigenvalue weighted by Crippen LogP contribution is -2.36. The predicted molar refractivity (Wildman–Crippen MR) is 78.7 cm³/mol. The van der Waals surface area contributed by atoms with E-state index >= 15 is 0 Å². The van der Waals surface area contributed by atoms with Crippen LogP contribution < -0.4 is 5.43 Å². The van der Waals surface area contributed by atoms with E-state index in [-0.39, 0.29) is 5.91 Å². The highest BCUT2D eigenvalue weighted by Crippen LogP contribution is 2.20. The van der Waals surface area contributed by atoms with Crippen molar-refractivity contribution in [2.75, 3.05) is 14.1 Å². The third kappa shape index (κ3) is 3.18. The molecular weight excluding hydrogens is 276 g/mol. The van der Waals surface area contributed by atoms with Crippen LogP contribution in [0.25, 0.3) is 0 Å². The molecule has 0 aliphatic carbocycles. The van der Waals surface area contributed by atoms with Crippen molar-refractivity contribution in [1.29, 1.82) is 0 Å². The number of hydrogen-bond acceptors (Lipinski definition) is 3. The van der Waals surface area contributed by atoms with Crippen LogP contribution >= 0.6 is 11.6 Å². The largest absolute Gasteiger partial charge is 0.285 e. The van der Waals surface area contributed by atoms with Gasteiger partial charge in [-0.3, -0.25) is 10.2 Å². The molecule has 1 heterocycles. The third-order valence-corrected chi connectivity index (χ3v) is 3.18. The standard InChI is InChI=1S/C14H17ClN4O/c1-10-12(14(20)17-18(2)3)13(15)19(16-10)9-11-7-5-4-6-8-11/h4-8H,9H2,1-3H3,(H,17,20). The highest BCUT2D eigenvalue weighted by Gasteiger charge is 2.20. The van der Waals surface area contributed by atoms with E-state index in [1.54, 1.807) is 30.7 Å². The molecule has 106 valence electrons. The van der Waals surface area contributed by atoms with Gasteiger partial charge in [-0.25, -0.2) is 9.69 Å². The van der Waals surface area contributed by atoms with E-state index in [0.717, 1.165) is 5.56 Å². The highest BCUT2D eigenvalue weighted by atomic mass is 35.5. The number of aromatic nitrogens is 2. The Bertz CT molecular complexity index is 607. The monoisotopic (exact) mass is 292 g/mol. The second-order valence-electron chi connectivity index (χ2n) is 4.73. The van der Waals surface area contributed by atoms with Gasteiger partial charge in [-0.2, -0.15) is 5.10 Å². The highest BCUT2D eigenvalue weighted by molar-refractivity contribution is 6.33. The minimum absolute atomic E-state index is 0.253. The molecule has 1 N–H and O–H groups in total. The average molecular weight is 293 g/mol. The van der Waals surface area contributed by atoms with Crippen molar-refractivity contribution < 1.29 is 4.79 Å². The Hall–Kier alpha value is -1.85. The molecule has 6 heteroatoms. The molecule has 0 spiro atoms. The number of aryl methyl sites for hydroxylation is 1. The number of hydrogen-bond donors (Lipinski definition) is 1. The molecule has 0 fully saturated rings. The van der Waals surface area contributed by atoms with Gasteiger partial charge in [0.15, 0.2) is 0 Å². The zero-order chi connectivity index (χ0) is 14.7. The number of carbonyl (C=O) groups is 1. The van der Waals surface area contributed by atoms with Crippen molar-refractivity contribution in [3.63, 3.8) is 0 Å². The van der Waals surface area contributed by atoms with Crippen molar-refractivity contribution in [3.05, 3.63) is 52.3 Å². The van der Waals surface area contributed by atoms with Crippen LogP contribution in [0.4, 0.5) is 0 Å². The van der Waals surface area contributed by atoms with Gasteiger partial charge < -0.3 is 0 Å². The zero-order valence-electron chi connectivity index (χ0n) is 11.7. The van der Waals surface area contributed by atoms with E-state index in [9.17, 15) is 4.79 Å². The average Bonchev–Trinajstić information content (AvgIpc) is 2.65. The van der Waals surface area contributed by atoms with Crippen LogP contribution in [0.5, 0.6) is 0 Å². The molecule has 0 saturated heterocycles. The van der Waals surface area contributed by atoms with Gasteiger partial charge in [0.05, 0.1) is 12.2 Å². The summed E-state index contributed by atoms with van der Waals surface area (Å²) in [7, 11) is 3.49. The van der Waals surface area contributed by atoms with Crippen LogP contribution in [0.15, 0.2) is 30.3 Å². The molecule has 0 aliphatic heterocycles. The van der Waals surface area contributed by atoms with Gasteiger partial charge in [0.1, 0.15) is 10.7 Å². The van der Waals surface area contributed by atoms with Gasteiger partial charge in [-0.1, -0.05) is 41.9 Å². The molecule has 1 aromatic heterocycles. The molecule has 0 saturated carbocycles. The number of halogens is 1. The molecule has 0 atom stereocenters. The minimum atomic E-state index is -0.253.